The van der Waals surface area contributed by atoms with E-state index in [9.17, 15) is 14.4 Å². The summed E-state index contributed by atoms with van der Waals surface area (Å²) >= 11 is 9.75. The fraction of sp³-hybridized carbons (Fsp3) is 0.120. The van der Waals surface area contributed by atoms with Gasteiger partial charge in [0.25, 0.3) is 5.91 Å². The Hall–Kier alpha value is -3.34. The van der Waals surface area contributed by atoms with E-state index in [-0.39, 0.29) is 29.6 Å². The highest BCUT2D eigenvalue weighted by Crippen LogP contribution is 2.35. The van der Waals surface area contributed by atoms with Gasteiger partial charge in [-0.15, -0.1) is 0 Å². The molecule has 0 saturated heterocycles. The number of benzene rings is 3. The first-order valence-corrected chi connectivity index (χ1v) is 11.0. The molecule has 0 bridgehead atoms. The number of carbonyl (C=O) groups is 1. The smallest absolute Gasteiger partial charge is 0.262 e. The lowest BCUT2D eigenvalue weighted by molar-refractivity contribution is -0.117. The number of nitrogens with one attached hydrogen (secondary N) is 1. The molecule has 0 saturated carbocycles. The maximum absolute atomic E-state index is 13.3. The topological polar surface area (TPSA) is 71.3 Å². The van der Waals surface area contributed by atoms with E-state index in [2.05, 4.69) is 21.2 Å². The molecule has 0 aliphatic heterocycles. The molecule has 0 spiro atoms. The first kappa shape index (κ1) is 24.3. The van der Waals surface area contributed by atoms with Crippen LogP contribution in [0.2, 0.25) is 5.02 Å². The van der Waals surface area contributed by atoms with Gasteiger partial charge in [-0.3, -0.25) is 4.79 Å². The lowest BCUT2D eigenvalue weighted by Gasteiger charge is -2.11. The maximum atomic E-state index is 13.3. The van der Waals surface area contributed by atoms with Gasteiger partial charge in [-0.1, -0.05) is 35.9 Å². The van der Waals surface area contributed by atoms with E-state index in [4.69, 9.17) is 21.1 Å². The van der Waals surface area contributed by atoms with Crippen molar-refractivity contribution in [2.75, 3.05) is 7.11 Å². The Bertz CT molecular complexity index is 1200. The van der Waals surface area contributed by atoms with Crippen molar-refractivity contribution in [1.29, 1.82) is 5.26 Å². The minimum atomic E-state index is -0.507. The van der Waals surface area contributed by atoms with Gasteiger partial charge in [-0.25, -0.2) is 4.39 Å². The molecule has 0 fully saturated rings. The van der Waals surface area contributed by atoms with Gasteiger partial charge in [0.1, 0.15) is 29.8 Å². The molecule has 3 rings (SSSR count). The molecule has 168 valence electrons. The third kappa shape index (κ3) is 6.82. The molecule has 0 aliphatic carbocycles. The number of methoxy groups -OCH3 is 1. The van der Waals surface area contributed by atoms with E-state index < -0.39 is 5.91 Å². The number of hydrogen-bond acceptors (Lipinski definition) is 4. The van der Waals surface area contributed by atoms with Crippen LogP contribution in [0.5, 0.6) is 11.5 Å². The third-order valence-corrected chi connectivity index (χ3v) is 5.45. The molecule has 3 aromatic rings. The van der Waals surface area contributed by atoms with Crippen molar-refractivity contribution < 1.29 is 18.7 Å². The molecule has 3 aromatic carbocycles. The molecular formula is C25H19BrClFN2O3. The summed E-state index contributed by atoms with van der Waals surface area (Å²) in [5, 5.41) is 12.5. The van der Waals surface area contributed by atoms with Crippen LogP contribution in [-0.4, -0.2) is 13.0 Å². The zero-order chi connectivity index (χ0) is 23.8. The van der Waals surface area contributed by atoms with Gasteiger partial charge in [0.05, 0.1) is 16.6 Å². The molecular weight excluding hydrogens is 511 g/mol. The summed E-state index contributed by atoms with van der Waals surface area (Å²) in [7, 11) is 1.58. The number of ether oxygens (including phenoxy) is 2. The molecule has 0 atom stereocenters. The standard InChI is InChI=1S/C25H19BrClFN2O3/c1-32-21-7-5-16(6-8-21)14-30-25(31)19(13-29)9-18-11-22(26)24(23(27)12-18)33-15-17-3-2-4-20(28)10-17/h2-12H,14-15H2,1H3,(H,30,31)/b19-9-. The Morgan fingerprint density at radius 1 is 1.18 bits per heavy atom. The van der Waals surface area contributed by atoms with Crippen LogP contribution in [0, 0.1) is 17.1 Å². The second kappa shape index (κ2) is 11.5. The van der Waals surface area contributed by atoms with Crippen molar-refractivity contribution in [3.63, 3.8) is 0 Å². The molecule has 1 amide bonds. The Morgan fingerprint density at radius 3 is 2.58 bits per heavy atom. The van der Waals surface area contributed by atoms with Crippen molar-refractivity contribution in [3.8, 4) is 17.6 Å². The third-order valence-electron chi connectivity index (χ3n) is 4.58. The van der Waals surface area contributed by atoms with Crippen molar-refractivity contribution in [3.05, 3.63) is 98.2 Å². The summed E-state index contributed by atoms with van der Waals surface area (Å²) in [6, 6.07) is 18.5. The minimum absolute atomic E-state index is 0.0695. The van der Waals surface area contributed by atoms with Crippen molar-refractivity contribution >= 4 is 39.5 Å². The molecule has 0 aliphatic rings. The zero-order valence-corrected chi connectivity index (χ0v) is 19.9. The summed E-state index contributed by atoms with van der Waals surface area (Å²) in [6.07, 6.45) is 1.44. The predicted octanol–water partition coefficient (Wildman–Crippen LogP) is 6.05. The summed E-state index contributed by atoms with van der Waals surface area (Å²) in [5.74, 6) is 0.233. The Morgan fingerprint density at radius 2 is 1.94 bits per heavy atom. The van der Waals surface area contributed by atoms with Gasteiger partial charge in [-0.05, 0) is 75.1 Å². The molecule has 0 aromatic heterocycles. The first-order chi connectivity index (χ1) is 15.9. The summed E-state index contributed by atoms with van der Waals surface area (Å²) in [4.78, 5) is 12.5. The van der Waals surface area contributed by atoms with Gasteiger partial charge in [0.15, 0.2) is 5.75 Å². The van der Waals surface area contributed by atoms with E-state index in [0.717, 1.165) is 5.56 Å². The van der Waals surface area contributed by atoms with Crippen LogP contribution in [0.1, 0.15) is 16.7 Å². The second-order valence-corrected chi connectivity index (χ2v) is 8.19. The molecule has 5 nitrogen and oxygen atoms in total. The van der Waals surface area contributed by atoms with Gasteiger partial charge in [0.2, 0.25) is 0 Å². The molecule has 33 heavy (non-hydrogen) atoms. The fourth-order valence-electron chi connectivity index (χ4n) is 2.92. The fourth-order valence-corrected chi connectivity index (χ4v) is 3.91. The van der Waals surface area contributed by atoms with Crippen LogP contribution in [0.25, 0.3) is 6.08 Å². The lowest BCUT2D eigenvalue weighted by Crippen LogP contribution is -2.23. The quantitative estimate of drug-likeness (QED) is 0.285. The number of nitriles is 1. The average molecular weight is 530 g/mol. The molecule has 0 radical (unpaired) electrons. The predicted molar refractivity (Wildman–Crippen MR) is 128 cm³/mol. The number of halogens is 3. The number of rotatable bonds is 8. The van der Waals surface area contributed by atoms with Crippen LogP contribution in [0.3, 0.4) is 0 Å². The number of amides is 1. The van der Waals surface area contributed by atoms with Crippen LogP contribution in [0.15, 0.2) is 70.7 Å². The van der Waals surface area contributed by atoms with Gasteiger partial charge < -0.3 is 14.8 Å². The number of hydrogen-bond donors (Lipinski definition) is 1. The van der Waals surface area contributed by atoms with Crippen molar-refractivity contribution in [2.45, 2.75) is 13.2 Å². The Labute approximate surface area is 204 Å². The number of carbonyl (C=O) groups excluding carboxylic acids is 1. The van der Waals surface area contributed by atoms with Crippen molar-refractivity contribution in [2.24, 2.45) is 0 Å². The van der Waals surface area contributed by atoms with E-state index in [1.807, 2.05) is 18.2 Å². The normalized spacial score (nSPS) is 10.9. The monoisotopic (exact) mass is 528 g/mol. The van der Waals surface area contributed by atoms with Gasteiger partial charge >= 0.3 is 0 Å². The molecule has 0 unspecified atom stereocenters. The summed E-state index contributed by atoms with van der Waals surface area (Å²) in [6.45, 7) is 0.391. The first-order valence-electron chi connectivity index (χ1n) is 9.79. The molecule has 0 heterocycles. The molecule has 8 heteroatoms. The largest absolute Gasteiger partial charge is 0.497 e. The average Bonchev–Trinajstić information content (AvgIpc) is 2.81. The van der Waals surface area contributed by atoms with E-state index >= 15 is 0 Å². The van der Waals surface area contributed by atoms with Crippen LogP contribution < -0.4 is 14.8 Å². The van der Waals surface area contributed by atoms with E-state index in [1.54, 1.807) is 43.5 Å². The Balaban J connectivity index is 1.69. The number of nitrogens with zero attached hydrogens (tertiary/aromatic N) is 1. The lowest BCUT2D eigenvalue weighted by atomic mass is 10.1. The second-order valence-electron chi connectivity index (χ2n) is 6.93. The highest BCUT2D eigenvalue weighted by Gasteiger charge is 2.13. The minimum Gasteiger partial charge on any atom is -0.497 e. The van der Waals surface area contributed by atoms with Gasteiger partial charge in [0, 0.05) is 6.54 Å². The van der Waals surface area contributed by atoms with E-state index in [0.29, 0.717) is 27.1 Å². The summed E-state index contributed by atoms with van der Waals surface area (Å²) < 4.78 is 24.7. The Kier molecular flexibility index (Phi) is 8.47. The van der Waals surface area contributed by atoms with Crippen molar-refractivity contribution in [1.82, 2.24) is 5.32 Å². The van der Waals surface area contributed by atoms with Crippen LogP contribution in [0.4, 0.5) is 4.39 Å². The zero-order valence-electron chi connectivity index (χ0n) is 17.6. The SMILES string of the molecule is COc1ccc(CNC(=O)/C(C#N)=C\c2cc(Cl)c(OCc3cccc(F)c3)c(Br)c2)cc1. The summed E-state index contributed by atoms with van der Waals surface area (Å²) in [5.41, 5.74) is 2.00. The molecule has 1 N–H and O–H groups in total. The highest BCUT2D eigenvalue weighted by molar-refractivity contribution is 9.10. The van der Waals surface area contributed by atoms with Gasteiger partial charge in [-0.2, -0.15) is 5.26 Å². The van der Waals surface area contributed by atoms with Crippen LogP contribution >= 0.6 is 27.5 Å². The van der Waals surface area contributed by atoms with E-state index in [1.165, 1.54) is 18.2 Å². The highest BCUT2D eigenvalue weighted by atomic mass is 79.9. The van der Waals surface area contributed by atoms with Crippen LogP contribution in [-0.2, 0) is 17.9 Å². The maximum Gasteiger partial charge on any atom is 0.262 e.